The van der Waals surface area contributed by atoms with E-state index in [1.807, 2.05) is 18.3 Å². The number of carbonyl (C=O) groups is 1. The van der Waals surface area contributed by atoms with Crippen molar-refractivity contribution in [2.75, 3.05) is 6.54 Å². The molecule has 1 atom stereocenters. The Bertz CT molecular complexity index is 434. The van der Waals surface area contributed by atoms with E-state index in [2.05, 4.69) is 10.3 Å². The fourth-order valence-corrected chi connectivity index (χ4v) is 1.39. The number of nitrogens with one attached hydrogen (secondary N) is 2. The van der Waals surface area contributed by atoms with Crippen LogP contribution in [0, 0.1) is 6.92 Å². The summed E-state index contributed by atoms with van der Waals surface area (Å²) in [5.74, 6) is -0.689. The zero-order valence-corrected chi connectivity index (χ0v) is 10.7. The summed E-state index contributed by atoms with van der Waals surface area (Å²) in [6.07, 6.45) is -2.77. The van der Waals surface area contributed by atoms with Crippen LogP contribution in [0.25, 0.3) is 0 Å². The molecule has 2 N–H and O–H groups in total. The number of carbonyl (C=O) groups excluding carboxylic acids is 1. The highest BCUT2D eigenvalue weighted by Gasteiger charge is 2.28. The second kappa shape index (κ2) is 6.51. The minimum Gasteiger partial charge on any atom is -0.346 e. The largest absolute Gasteiger partial charge is 0.405 e. The van der Waals surface area contributed by atoms with E-state index in [-0.39, 0.29) is 0 Å². The molecule has 4 nitrogen and oxygen atoms in total. The van der Waals surface area contributed by atoms with Gasteiger partial charge < -0.3 is 10.6 Å². The van der Waals surface area contributed by atoms with Gasteiger partial charge in [-0.1, -0.05) is 6.07 Å². The molecule has 1 aromatic rings. The number of aryl methyl sites for hydroxylation is 1. The summed E-state index contributed by atoms with van der Waals surface area (Å²) in [4.78, 5) is 15.5. The third kappa shape index (κ3) is 5.69. The van der Waals surface area contributed by atoms with Gasteiger partial charge >= 0.3 is 6.18 Å². The zero-order chi connectivity index (χ0) is 14.5. The van der Waals surface area contributed by atoms with Gasteiger partial charge in [-0.05, 0) is 25.5 Å². The molecule has 0 aliphatic heterocycles. The molecule has 0 bridgehead atoms. The molecule has 1 unspecified atom stereocenters. The molecule has 0 fully saturated rings. The molecule has 0 saturated carbocycles. The lowest BCUT2D eigenvalue weighted by molar-refractivity contribution is -0.139. The maximum atomic E-state index is 11.9. The lowest BCUT2D eigenvalue weighted by Gasteiger charge is -2.15. The van der Waals surface area contributed by atoms with Gasteiger partial charge in [0.1, 0.15) is 6.54 Å². The number of aromatic nitrogens is 1. The van der Waals surface area contributed by atoms with E-state index in [4.69, 9.17) is 0 Å². The van der Waals surface area contributed by atoms with Crippen molar-refractivity contribution in [2.45, 2.75) is 32.6 Å². The maximum absolute atomic E-state index is 11.9. The minimum absolute atomic E-state index is 0.327. The topological polar surface area (TPSA) is 54.0 Å². The van der Waals surface area contributed by atoms with Crippen LogP contribution in [0.15, 0.2) is 18.3 Å². The van der Waals surface area contributed by atoms with Crippen LogP contribution in [0.3, 0.4) is 0 Å². The van der Waals surface area contributed by atoms with E-state index in [1.54, 1.807) is 12.3 Å². The SMILES string of the molecule is Cc1cccnc1CNC(C)C(=O)NCC(F)(F)F. The standard InChI is InChI=1S/C12H16F3N3O/c1-8-4-3-5-16-10(8)6-17-9(2)11(19)18-7-12(13,14)15/h3-5,9,17H,6-7H2,1-2H3,(H,18,19). The number of alkyl halides is 3. The monoisotopic (exact) mass is 275 g/mol. The van der Waals surface area contributed by atoms with E-state index in [1.165, 1.54) is 6.92 Å². The van der Waals surface area contributed by atoms with Crippen LogP contribution in [-0.4, -0.2) is 29.7 Å². The highest BCUT2D eigenvalue weighted by atomic mass is 19.4. The van der Waals surface area contributed by atoms with Gasteiger partial charge in [-0.2, -0.15) is 13.2 Å². The van der Waals surface area contributed by atoms with E-state index >= 15 is 0 Å². The summed E-state index contributed by atoms with van der Waals surface area (Å²) in [7, 11) is 0. The average molecular weight is 275 g/mol. The quantitative estimate of drug-likeness (QED) is 0.857. The molecule has 0 aromatic carbocycles. The van der Waals surface area contributed by atoms with Crippen LogP contribution in [-0.2, 0) is 11.3 Å². The van der Waals surface area contributed by atoms with E-state index in [0.29, 0.717) is 6.54 Å². The average Bonchev–Trinajstić information content (AvgIpc) is 2.33. The smallest absolute Gasteiger partial charge is 0.346 e. The van der Waals surface area contributed by atoms with Gasteiger partial charge in [0.25, 0.3) is 0 Å². The number of hydrogen-bond donors (Lipinski definition) is 2. The first kappa shape index (κ1) is 15.4. The molecular weight excluding hydrogens is 259 g/mol. The summed E-state index contributed by atoms with van der Waals surface area (Å²) < 4.78 is 35.8. The molecule has 1 rings (SSSR count). The number of pyridine rings is 1. The predicted molar refractivity (Wildman–Crippen MR) is 64.3 cm³/mol. The molecule has 7 heteroatoms. The number of halogens is 3. The summed E-state index contributed by atoms with van der Waals surface area (Å²) in [5.41, 5.74) is 1.72. The molecular formula is C12H16F3N3O. The summed E-state index contributed by atoms with van der Waals surface area (Å²) in [5, 5.41) is 4.66. The van der Waals surface area contributed by atoms with Gasteiger partial charge in [-0.25, -0.2) is 0 Å². The first-order valence-electron chi connectivity index (χ1n) is 5.78. The lowest BCUT2D eigenvalue weighted by atomic mass is 10.2. The van der Waals surface area contributed by atoms with Crippen molar-refractivity contribution >= 4 is 5.91 Å². The normalized spacial score (nSPS) is 13.1. The van der Waals surface area contributed by atoms with Crippen LogP contribution < -0.4 is 10.6 Å². The van der Waals surface area contributed by atoms with Gasteiger partial charge in [-0.3, -0.25) is 9.78 Å². The fourth-order valence-electron chi connectivity index (χ4n) is 1.39. The van der Waals surface area contributed by atoms with Gasteiger partial charge in [0.05, 0.1) is 11.7 Å². The van der Waals surface area contributed by atoms with Gasteiger partial charge in [0.2, 0.25) is 5.91 Å². The van der Waals surface area contributed by atoms with Crippen molar-refractivity contribution in [3.63, 3.8) is 0 Å². The van der Waals surface area contributed by atoms with Crippen LogP contribution in [0.2, 0.25) is 0 Å². The second-order valence-corrected chi connectivity index (χ2v) is 4.20. The molecule has 0 aliphatic rings. The van der Waals surface area contributed by atoms with Gasteiger partial charge in [0.15, 0.2) is 0 Å². The molecule has 1 heterocycles. The highest BCUT2D eigenvalue weighted by molar-refractivity contribution is 5.81. The Balaban J connectivity index is 2.41. The third-order valence-corrected chi connectivity index (χ3v) is 2.55. The first-order valence-corrected chi connectivity index (χ1v) is 5.78. The van der Waals surface area contributed by atoms with E-state index in [0.717, 1.165) is 11.3 Å². The number of hydrogen-bond acceptors (Lipinski definition) is 3. The maximum Gasteiger partial charge on any atom is 0.405 e. The lowest BCUT2D eigenvalue weighted by Crippen LogP contribution is -2.45. The Hall–Kier alpha value is -1.63. The minimum atomic E-state index is -4.40. The van der Waals surface area contributed by atoms with Crippen LogP contribution >= 0.6 is 0 Å². The molecule has 0 spiro atoms. The summed E-state index contributed by atoms with van der Waals surface area (Å²) in [6, 6.07) is 2.94. The van der Waals surface area contributed by atoms with Crippen LogP contribution in [0.1, 0.15) is 18.2 Å². The molecule has 106 valence electrons. The second-order valence-electron chi connectivity index (χ2n) is 4.20. The first-order chi connectivity index (χ1) is 8.79. The molecule has 0 saturated heterocycles. The fraction of sp³-hybridized carbons (Fsp3) is 0.500. The van der Waals surface area contributed by atoms with Crippen LogP contribution in [0.4, 0.5) is 13.2 Å². The van der Waals surface area contributed by atoms with E-state index < -0.39 is 24.7 Å². The van der Waals surface area contributed by atoms with Crippen molar-refractivity contribution in [1.29, 1.82) is 0 Å². The highest BCUT2D eigenvalue weighted by Crippen LogP contribution is 2.12. The summed E-state index contributed by atoms with van der Waals surface area (Å²) >= 11 is 0. The Morgan fingerprint density at radius 2 is 2.16 bits per heavy atom. The third-order valence-electron chi connectivity index (χ3n) is 2.55. The predicted octanol–water partition coefficient (Wildman–Crippen LogP) is 1.55. The molecule has 19 heavy (non-hydrogen) atoms. The number of rotatable bonds is 5. The van der Waals surface area contributed by atoms with Crippen molar-refractivity contribution in [1.82, 2.24) is 15.6 Å². The Morgan fingerprint density at radius 3 is 2.74 bits per heavy atom. The van der Waals surface area contributed by atoms with Crippen molar-refractivity contribution in [3.05, 3.63) is 29.6 Å². The van der Waals surface area contributed by atoms with E-state index in [9.17, 15) is 18.0 Å². The molecule has 1 amide bonds. The number of amides is 1. The van der Waals surface area contributed by atoms with Gasteiger partial charge in [-0.15, -0.1) is 0 Å². The Kier molecular flexibility index (Phi) is 5.29. The molecule has 0 aliphatic carbocycles. The van der Waals surface area contributed by atoms with Gasteiger partial charge in [0, 0.05) is 12.7 Å². The Labute approximate surface area is 109 Å². The van der Waals surface area contributed by atoms with Crippen molar-refractivity contribution in [3.8, 4) is 0 Å². The number of nitrogens with zero attached hydrogens (tertiary/aromatic N) is 1. The Morgan fingerprint density at radius 1 is 1.47 bits per heavy atom. The van der Waals surface area contributed by atoms with Crippen molar-refractivity contribution in [2.24, 2.45) is 0 Å². The molecule has 1 aromatic heterocycles. The zero-order valence-electron chi connectivity index (χ0n) is 10.7. The van der Waals surface area contributed by atoms with Crippen LogP contribution in [0.5, 0.6) is 0 Å². The molecule has 0 radical (unpaired) electrons. The summed E-state index contributed by atoms with van der Waals surface area (Å²) in [6.45, 7) is 2.39. The van der Waals surface area contributed by atoms with Crippen molar-refractivity contribution < 1.29 is 18.0 Å².